The van der Waals surface area contributed by atoms with E-state index in [4.69, 9.17) is 13.9 Å². The minimum atomic E-state index is -0.0359. The van der Waals surface area contributed by atoms with Gasteiger partial charge in [0.25, 0.3) is 5.22 Å². The second-order valence-electron chi connectivity index (χ2n) is 2.96. The van der Waals surface area contributed by atoms with Crippen molar-refractivity contribution in [1.82, 2.24) is 4.98 Å². The lowest BCUT2D eigenvalue weighted by atomic mass is 10.4. The maximum atomic E-state index is 5.41. The lowest BCUT2D eigenvalue weighted by Crippen LogP contribution is -2.25. The molecule has 0 bridgehead atoms. The number of nitrogens with zero attached hydrogens (tertiary/aromatic N) is 1. The molecule has 0 aliphatic carbocycles. The second kappa shape index (κ2) is 5.38. The first-order valence-corrected chi connectivity index (χ1v) is 5.69. The maximum absolute atomic E-state index is 5.41. The highest BCUT2D eigenvalue weighted by Crippen LogP contribution is 2.18. The van der Waals surface area contributed by atoms with Gasteiger partial charge in [0.2, 0.25) is 0 Å². The highest BCUT2D eigenvalue weighted by atomic mass is 32.2. The summed E-state index contributed by atoms with van der Waals surface area (Å²) in [6.07, 6.45) is 5.08. The van der Waals surface area contributed by atoms with Crippen LogP contribution in [0.2, 0.25) is 0 Å². The van der Waals surface area contributed by atoms with Crippen LogP contribution in [0.25, 0.3) is 0 Å². The normalized spacial score (nSPS) is 18.6. The van der Waals surface area contributed by atoms with Crippen LogP contribution >= 0.6 is 11.8 Å². The topological polar surface area (TPSA) is 44.5 Å². The Bertz CT molecular complexity index is 247. The molecule has 0 amide bonds. The van der Waals surface area contributed by atoms with Gasteiger partial charge < -0.3 is 13.9 Å². The summed E-state index contributed by atoms with van der Waals surface area (Å²) in [5.74, 6) is 0.908. The number of aromatic nitrogens is 1. The Labute approximate surface area is 87.0 Å². The lowest BCUT2D eigenvalue weighted by molar-refractivity contribution is -0.178. The molecule has 1 aliphatic heterocycles. The van der Waals surface area contributed by atoms with Gasteiger partial charge in [-0.05, 0) is 6.42 Å². The number of ether oxygens (including phenoxy) is 2. The van der Waals surface area contributed by atoms with Crippen molar-refractivity contribution in [1.29, 1.82) is 0 Å². The van der Waals surface area contributed by atoms with Gasteiger partial charge in [-0.2, -0.15) is 0 Å². The van der Waals surface area contributed by atoms with Gasteiger partial charge in [-0.15, -0.1) is 0 Å². The van der Waals surface area contributed by atoms with E-state index in [1.54, 1.807) is 24.2 Å². The molecule has 0 atom stereocenters. The van der Waals surface area contributed by atoms with Gasteiger partial charge >= 0.3 is 0 Å². The van der Waals surface area contributed by atoms with E-state index in [1.807, 2.05) is 0 Å². The number of hydrogen-bond donors (Lipinski definition) is 0. The number of thioether (sulfide) groups is 1. The molecule has 1 aromatic rings. The van der Waals surface area contributed by atoms with Crippen LogP contribution in [-0.4, -0.2) is 30.2 Å². The Morgan fingerprint density at radius 3 is 3.00 bits per heavy atom. The van der Waals surface area contributed by atoms with Crippen molar-refractivity contribution in [2.45, 2.75) is 24.4 Å². The number of hydrogen-bond acceptors (Lipinski definition) is 5. The zero-order valence-corrected chi connectivity index (χ0v) is 8.66. The minimum Gasteiger partial charge on any atom is -0.440 e. The SMILES string of the molecule is c1coc(SCCC2OCCCO2)n1. The average Bonchev–Trinajstić information content (AvgIpc) is 2.72. The largest absolute Gasteiger partial charge is 0.440 e. The van der Waals surface area contributed by atoms with Crippen molar-refractivity contribution >= 4 is 11.8 Å². The first-order valence-electron chi connectivity index (χ1n) is 4.70. The Kier molecular flexibility index (Phi) is 3.85. The summed E-state index contributed by atoms with van der Waals surface area (Å²) < 4.78 is 15.9. The van der Waals surface area contributed by atoms with Crippen LogP contribution in [-0.2, 0) is 9.47 Å². The van der Waals surface area contributed by atoms with Crippen molar-refractivity contribution in [3.63, 3.8) is 0 Å². The van der Waals surface area contributed by atoms with Crippen molar-refractivity contribution in [2.24, 2.45) is 0 Å². The summed E-state index contributed by atoms with van der Waals surface area (Å²) in [6, 6.07) is 0. The molecular weight excluding hydrogens is 202 g/mol. The van der Waals surface area contributed by atoms with Crippen LogP contribution in [0.3, 0.4) is 0 Å². The predicted molar refractivity (Wildman–Crippen MR) is 52.2 cm³/mol. The quantitative estimate of drug-likeness (QED) is 0.718. The van der Waals surface area contributed by atoms with E-state index < -0.39 is 0 Å². The van der Waals surface area contributed by atoms with E-state index >= 15 is 0 Å². The molecular formula is C9H13NO3S. The molecule has 1 fully saturated rings. The molecule has 4 nitrogen and oxygen atoms in total. The molecule has 0 spiro atoms. The second-order valence-corrected chi connectivity index (χ2v) is 4.01. The third kappa shape index (κ3) is 3.01. The van der Waals surface area contributed by atoms with Gasteiger partial charge in [0.15, 0.2) is 6.29 Å². The summed E-state index contributed by atoms with van der Waals surface area (Å²) in [7, 11) is 0. The molecule has 1 aliphatic rings. The Morgan fingerprint density at radius 1 is 1.43 bits per heavy atom. The number of rotatable bonds is 4. The van der Waals surface area contributed by atoms with E-state index in [0.29, 0.717) is 5.22 Å². The van der Waals surface area contributed by atoms with Crippen molar-refractivity contribution in [2.75, 3.05) is 19.0 Å². The van der Waals surface area contributed by atoms with Crippen molar-refractivity contribution in [3.05, 3.63) is 12.5 Å². The molecule has 78 valence electrons. The fraction of sp³-hybridized carbons (Fsp3) is 0.667. The summed E-state index contributed by atoms with van der Waals surface area (Å²) in [5, 5.41) is 0.709. The van der Waals surface area contributed by atoms with E-state index in [2.05, 4.69) is 4.98 Å². The van der Waals surface area contributed by atoms with E-state index in [0.717, 1.165) is 31.8 Å². The third-order valence-electron chi connectivity index (χ3n) is 1.88. The first kappa shape index (κ1) is 10.0. The fourth-order valence-corrected chi connectivity index (χ4v) is 1.97. The fourth-order valence-electron chi connectivity index (χ4n) is 1.23. The van der Waals surface area contributed by atoms with E-state index in [-0.39, 0.29) is 6.29 Å². The van der Waals surface area contributed by atoms with Gasteiger partial charge in [-0.3, -0.25) is 0 Å². The highest BCUT2D eigenvalue weighted by Gasteiger charge is 2.13. The van der Waals surface area contributed by atoms with Crippen LogP contribution < -0.4 is 0 Å². The summed E-state index contributed by atoms with van der Waals surface area (Å²) >= 11 is 1.58. The van der Waals surface area contributed by atoms with Crippen molar-refractivity contribution < 1.29 is 13.9 Å². The molecule has 1 saturated heterocycles. The smallest absolute Gasteiger partial charge is 0.255 e. The van der Waals surface area contributed by atoms with Gasteiger partial charge in [0.1, 0.15) is 6.26 Å². The maximum Gasteiger partial charge on any atom is 0.255 e. The van der Waals surface area contributed by atoms with Crippen LogP contribution in [0.4, 0.5) is 0 Å². The molecule has 5 heteroatoms. The number of oxazole rings is 1. The van der Waals surface area contributed by atoms with Crippen LogP contribution in [0.5, 0.6) is 0 Å². The molecule has 0 aromatic carbocycles. The standard InChI is InChI=1S/C9H13NO3S/c1-4-11-8(12-5-1)2-7-14-9-10-3-6-13-9/h3,6,8H,1-2,4-5,7H2. The van der Waals surface area contributed by atoms with Gasteiger partial charge in [-0.1, -0.05) is 11.8 Å². The summed E-state index contributed by atoms with van der Waals surface area (Å²) in [4.78, 5) is 4.01. The molecule has 0 radical (unpaired) electrons. The van der Waals surface area contributed by atoms with Crippen LogP contribution in [0.15, 0.2) is 22.1 Å². The summed E-state index contributed by atoms with van der Waals surface area (Å²) in [6.45, 7) is 1.63. The average molecular weight is 215 g/mol. The van der Waals surface area contributed by atoms with Gasteiger partial charge in [-0.25, -0.2) is 4.98 Å². The molecule has 0 saturated carbocycles. The molecule has 1 aromatic heterocycles. The van der Waals surface area contributed by atoms with Crippen LogP contribution in [0, 0.1) is 0 Å². The van der Waals surface area contributed by atoms with E-state index in [9.17, 15) is 0 Å². The van der Waals surface area contributed by atoms with Gasteiger partial charge in [0, 0.05) is 12.2 Å². The molecule has 2 rings (SSSR count). The third-order valence-corrected chi connectivity index (χ3v) is 2.77. The molecule has 0 unspecified atom stereocenters. The predicted octanol–water partition coefficient (Wildman–Crippen LogP) is 1.92. The van der Waals surface area contributed by atoms with Gasteiger partial charge in [0.05, 0.1) is 19.4 Å². The lowest BCUT2D eigenvalue weighted by Gasteiger charge is -2.22. The molecule has 2 heterocycles. The molecule has 14 heavy (non-hydrogen) atoms. The minimum absolute atomic E-state index is 0.0359. The highest BCUT2D eigenvalue weighted by molar-refractivity contribution is 7.99. The van der Waals surface area contributed by atoms with Crippen molar-refractivity contribution in [3.8, 4) is 0 Å². The summed E-state index contributed by atoms with van der Waals surface area (Å²) in [5.41, 5.74) is 0. The monoisotopic (exact) mass is 215 g/mol. The first-order chi connectivity index (χ1) is 6.95. The Balaban J connectivity index is 1.62. The van der Waals surface area contributed by atoms with Crippen LogP contribution in [0.1, 0.15) is 12.8 Å². The molecule has 0 N–H and O–H groups in total. The Morgan fingerprint density at radius 2 is 2.29 bits per heavy atom. The zero-order chi connectivity index (χ0) is 9.64. The van der Waals surface area contributed by atoms with E-state index in [1.165, 1.54) is 0 Å². The zero-order valence-electron chi connectivity index (χ0n) is 7.85. The Hall–Kier alpha value is -0.520.